The van der Waals surface area contributed by atoms with Crippen molar-refractivity contribution < 1.29 is 118 Å². The Morgan fingerprint density at radius 3 is 2.35 bits per heavy atom. The van der Waals surface area contributed by atoms with E-state index in [-0.39, 0.29) is 103 Å². The van der Waals surface area contributed by atoms with Gasteiger partial charge in [0.1, 0.15) is 11.3 Å². The Morgan fingerprint density at radius 2 is 1.78 bits per heavy atom. The molecule has 0 saturated heterocycles. The quantitative estimate of drug-likeness (QED) is 0.388. The van der Waals surface area contributed by atoms with Crippen molar-refractivity contribution in [2.75, 3.05) is 0 Å². The van der Waals surface area contributed by atoms with Crippen molar-refractivity contribution in [2.45, 2.75) is 0 Å². The first-order valence-electron chi connectivity index (χ1n) is 5.76. The van der Waals surface area contributed by atoms with E-state index in [4.69, 9.17) is 26.6 Å². The van der Waals surface area contributed by atoms with Crippen LogP contribution in [0.4, 0.5) is 4.79 Å². The van der Waals surface area contributed by atoms with E-state index in [1.165, 1.54) is 0 Å². The second kappa shape index (κ2) is 11.3. The Labute approximate surface area is 222 Å². The summed E-state index contributed by atoms with van der Waals surface area (Å²) in [6.07, 6.45) is 2.97. The number of hydrogen-bond acceptors (Lipinski definition) is 6. The zero-order chi connectivity index (χ0) is 15.4. The van der Waals surface area contributed by atoms with E-state index in [0.29, 0.717) is 16.5 Å². The Bertz CT molecular complexity index is 779. The molecule has 0 amide bonds. The van der Waals surface area contributed by atoms with Crippen molar-refractivity contribution in [1.29, 1.82) is 0 Å². The molecule has 0 spiro atoms. The van der Waals surface area contributed by atoms with Gasteiger partial charge in [-0.25, -0.2) is 15.0 Å². The number of fused-ring (bicyclic) bond motifs is 1. The summed E-state index contributed by atoms with van der Waals surface area (Å²) in [4.78, 5) is 21.2. The molecule has 108 valence electrons. The van der Waals surface area contributed by atoms with Gasteiger partial charge in [0.15, 0.2) is 5.82 Å². The predicted molar refractivity (Wildman–Crippen MR) is 72.1 cm³/mol. The number of pyridine rings is 1. The molecule has 0 fully saturated rings. The van der Waals surface area contributed by atoms with Crippen LogP contribution in [0, 0.1) is 0 Å². The third-order valence-electron chi connectivity index (χ3n) is 2.57. The van der Waals surface area contributed by atoms with Crippen LogP contribution in [0.2, 0.25) is 5.02 Å². The number of aryl methyl sites for hydroxylation is 1. The van der Waals surface area contributed by atoms with Crippen molar-refractivity contribution >= 4 is 28.8 Å². The van der Waals surface area contributed by atoms with Gasteiger partial charge < -0.3 is 19.6 Å². The van der Waals surface area contributed by atoms with Crippen LogP contribution >= 0.6 is 11.6 Å². The van der Waals surface area contributed by atoms with Gasteiger partial charge in [0.2, 0.25) is 0 Å². The van der Waals surface area contributed by atoms with Crippen molar-refractivity contribution in [1.82, 2.24) is 19.5 Å². The van der Waals surface area contributed by atoms with Gasteiger partial charge in [0.05, 0.1) is 5.02 Å². The summed E-state index contributed by atoms with van der Waals surface area (Å²) >= 11 is 6.20. The van der Waals surface area contributed by atoms with Crippen LogP contribution in [0.15, 0.2) is 36.8 Å². The number of carboxylic acid groups (broad SMARTS) is 2. The van der Waals surface area contributed by atoms with E-state index in [9.17, 15) is 0 Å². The summed E-state index contributed by atoms with van der Waals surface area (Å²) in [5, 5.41) is 18.2. The molecule has 7 nitrogen and oxygen atoms in total. The number of nitrogens with zero attached hydrogens (tertiary/aromatic N) is 4. The first-order chi connectivity index (χ1) is 9.99. The maximum Gasteiger partial charge on any atom is 1.00 e. The summed E-state index contributed by atoms with van der Waals surface area (Å²) in [5.74, 6) is 0.542. The van der Waals surface area contributed by atoms with E-state index < -0.39 is 6.16 Å². The van der Waals surface area contributed by atoms with E-state index in [2.05, 4.69) is 15.0 Å². The number of carbonyl (C=O) groups is 1. The minimum atomic E-state index is -2.33. The Balaban J connectivity index is 0.000000731. The van der Waals surface area contributed by atoms with Gasteiger partial charge in [-0.05, 0) is 24.4 Å². The number of rotatable bonds is 1. The minimum Gasteiger partial charge on any atom is -0.652 e. The van der Waals surface area contributed by atoms with Crippen LogP contribution in [0.1, 0.15) is 0 Å². The minimum absolute atomic E-state index is 0. The molecule has 0 radical (unpaired) electrons. The average Bonchev–Trinajstić information content (AvgIpc) is 2.79. The fraction of sp³-hybridized carbons (Fsp3) is 0.0769. The molecule has 0 saturated carbocycles. The van der Waals surface area contributed by atoms with E-state index in [0.717, 1.165) is 11.0 Å². The molecular weight excluding hydrogens is 374 g/mol. The van der Waals surface area contributed by atoms with Gasteiger partial charge in [-0.15, -0.1) is 0 Å². The van der Waals surface area contributed by atoms with Crippen LogP contribution < -0.4 is 113 Å². The van der Waals surface area contributed by atoms with Gasteiger partial charge in [0.25, 0.3) is 0 Å². The third-order valence-corrected chi connectivity index (χ3v) is 2.86. The molecule has 0 aliphatic rings. The second-order valence-corrected chi connectivity index (χ2v) is 4.39. The third kappa shape index (κ3) is 6.79. The molecule has 3 rings (SSSR count). The number of halogens is 1. The molecule has 3 aromatic rings. The van der Waals surface area contributed by atoms with Gasteiger partial charge in [-0.3, -0.25) is 0 Å². The number of aromatic nitrogens is 4. The molecule has 0 unspecified atom stereocenters. The summed E-state index contributed by atoms with van der Waals surface area (Å²) < 4.78 is 1.94. The Kier molecular flexibility index (Phi) is 11.6. The number of carbonyl (C=O) groups excluding carboxylic acids is 1. The van der Waals surface area contributed by atoms with Crippen molar-refractivity contribution in [2.24, 2.45) is 7.05 Å². The summed E-state index contributed by atoms with van der Waals surface area (Å²) in [7, 11) is 1.94. The Morgan fingerprint density at radius 1 is 1.22 bits per heavy atom. The van der Waals surface area contributed by atoms with Crippen LogP contribution in [0.3, 0.4) is 0 Å². The largest absolute Gasteiger partial charge is 1.00 e. The molecule has 0 atom stereocenters. The molecular formula is C13H9ClK2N4O3. The second-order valence-electron chi connectivity index (χ2n) is 3.98. The molecule has 0 aromatic carbocycles. The predicted octanol–water partition coefficient (Wildman–Crippen LogP) is -5.76. The zero-order valence-electron chi connectivity index (χ0n) is 12.9. The monoisotopic (exact) mass is 382 g/mol. The summed E-state index contributed by atoms with van der Waals surface area (Å²) in [5.41, 5.74) is 1.48. The normalized spacial score (nSPS) is 9.13. The Hall–Kier alpha value is 0.603. The van der Waals surface area contributed by atoms with Crippen molar-refractivity contribution in [3.8, 4) is 11.5 Å². The molecule has 23 heavy (non-hydrogen) atoms. The zero-order valence-corrected chi connectivity index (χ0v) is 19.9. The van der Waals surface area contributed by atoms with E-state index in [1.807, 2.05) is 29.9 Å². The molecule has 3 heterocycles. The standard InChI is InChI=1S/C12H9ClN4.CH2O3.2K/c1-17-6-3-8-7-9(13)10(16-12(8)17)11-14-4-2-5-15-11;2-1(3)4;;/h2-7H,1H3;(H2,2,3,4);;/q;;2*+1/p-2. The maximum atomic E-state index is 8.33. The topological polar surface area (TPSA) is 107 Å². The smallest absolute Gasteiger partial charge is 0.652 e. The van der Waals surface area contributed by atoms with Crippen LogP contribution in [-0.4, -0.2) is 25.7 Å². The van der Waals surface area contributed by atoms with Crippen LogP contribution in [0.5, 0.6) is 0 Å². The first kappa shape index (κ1) is 23.6. The molecule has 3 aromatic heterocycles. The average molecular weight is 383 g/mol. The fourth-order valence-corrected chi connectivity index (χ4v) is 1.98. The molecule has 10 heteroatoms. The van der Waals surface area contributed by atoms with Crippen molar-refractivity contribution in [3.63, 3.8) is 0 Å². The summed E-state index contributed by atoms with van der Waals surface area (Å²) in [6.45, 7) is 0. The fourth-order valence-electron chi connectivity index (χ4n) is 1.74. The molecule has 0 aliphatic heterocycles. The van der Waals surface area contributed by atoms with Gasteiger partial charge in [-0.1, -0.05) is 11.6 Å². The van der Waals surface area contributed by atoms with Crippen LogP contribution in [0.25, 0.3) is 22.6 Å². The van der Waals surface area contributed by atoms with E-state index >= 15 is 0 Å². The molecule has 0 N–H and O–H groups in total. The van der Waals surface area contributed by atoms with E-state index in [1.54, 1.807) is 18.5 Å². The summed E-state index contributed by atoms with van der Waals surface area (Å²) in [6, 6.07) is 5.62. The van der Waals surface area contributed by atoms with Gasteiger partial charge in [0, 0.05) is 31.0 Å². The van der Waals surface area contributed by atoms with Crippen molar-refractivity contribution in [3.05, 3.63) is 41.8 Å². The van der Waals surface area contributed by atoms with Gasteiger partial charge in [-0.2, -0.15) is 0 Å². The SMILES string of the molecule is Cn1ccc2cc(Cl)c(-c3ncccn3)nc21.O=C([O-])[O-].[K+].[K+]. The first-order valence-corrected chi connectivity index (χ1v) is 6.14. The molecule has 0 aliphatic carbocycles. The van der Waals surface area contributed by atoms with Gasteiger partial charge >= 0.3 is 103 Å². The maximum absolute atomic E-state index is 8.33. The molecule has 0 bridgehead atoms. The van der Waals surface area contributed by atoms with Crippen LogP contribution in [-0.2, 0) is 7.05 Å². The number of hydrogen-bond donors (Lipinski definition) is 0.